The Bertz CT molecular complexity index is 2510. The van der Waals surface area contributed by atoms with Crippen LogP contribution < -0.4 is 4.90 Å². The molecular formula is C51H49NS. The Morgan fingerprint density at radius 2 is 1.23 bits per heavy atom. The molecule has 4 atom stereocenters. The Labute approximate surface area is 319 Å². The van der Waals surface area contributed by atoms with E-state index in [0.717, 1.165) is 0 Å². The fraction of sp³-hybridized carbons (Fsp3) is 0.333. The zero-order valence-electron chi connectivity index (χ0n) is 32.0. The SMILES string of the molecule is CC1(C)C2=CC3(C)C4=C(C5(C)C(=CC4(C)c4cc6ccccc6cc4N3c3ccc(C4CCCCC4)cc3)Sc3ccccc35)C2(C)c2ccccc21. The van der Waals surface area contributed by atoms with E-state index in [2.05, 4.69) is 168 Å². The summed E-state index contributed by atoms with van der Waals surface area (Å²) in [6.45, 7) is 15.3. The molecular weight excluding hydrogens is 659 g/mol. The standard InChI is InChI=1S/C51H49NS/c1-47(2)37-20-12-13-21-38(37)50(5)43(47)30-49(4)45-46(50)51(6)39-22-14-15-23-42(39)53-44(51)31-48(45,3)40-28-34-18-10-11-19-35(34)29-41(40)52(49)36-26-24-33(25-27-36)32-16-8-7-9-17-32/h10-15,18-32H,7-9,16-17H2,1-6H3. The van der Waals surface area contributed by atoms with Crippen LogP contribution in [-0.4, -0.2) is 5.54 Å². The first kappa shape index (κ1) is 32.2. The van der Waals surface area contributed by atoms with Crippen molar-refractivity contribution in [2.24, 2.45) is 0 Å². The predicted molar refractivity (Wildman–Crippen MR) is 224 cm³/mol. The molecule has 1 nitrogen and oxygen atoms in total. The quantitative estimate of drug-likeness (QED) is 0.168. The Hall–Kier alpha value is -4.27. The van der Waals surface area contributed by atoms with E-state index in [4.69, 9.17) is 0 Å². The maximum absolute atomic E-state index is 2.76. The van der Waals surface area contributed by atoms with Crippen molar-refractivity contribution in [2.45, 2.75) is 112 Å². The normalized spacial score (nSPS) is 30.5. The van der Waals surface area contributed by atoms with Crippen LogP contribution in [0.15, 0.2) is 148 Å². The predicted octanol–water partition coefficient (Wildman–Crippen LogP) is 13.5. The molecule has 1 fully saturated rings. The van der Waals surface area contributed by atoms with Crippen molar-refractivity contribution >= 4 is 33.9 Å². The van der Waals surface area contributed by atoms with Gasteiger partial charge < -0.3 is 4.90 Å². The number of thioether (sulfide) groups is 1. The summed E-state index contributed by atoms with van der Waals surface area (Å²) in [5.41, 5.74) is 13.2. The van der Waals surface area contributed by atoms with Crippen molar-refractivity contribution in [2.75, 3.05) is 4.90 Å². The highest BCUT2D eigenvalue weighted by atomic mass is 32.2. The zero-order chi connectivity index (χ0) is 36.1. The van der Waals surface area contributed by atoms with Crippen LogP contribution in [-0.2, 0) is 21.7 Å². The molecule has 2 heterocycles. The largest absolute Gasteiger partial charge is 0.328 e. The van der Waals surface area contributed by atoms with Crippen molar-refractivity contribution in [1.29, 1.82) is 0 Å². The molecule has 5 aromatic rings. The molecule has 2 aliphatic heterocycles. The van der Waals surface area contributed by atoms with E-state index in [1.165, 1.54) is 91.9 Å². The van der Waals surface area contributed by atoms with Crippen LogP contribution in [0.25, 0.3) is 10.8 Å². The number of rotatable bonds is 2. The van der Waals surface area contributed by atoms with Gasteiger partial charge in [0.15, 0.2) is 0 Å². The summed E-state index contributed by atoms with van der Waals surface area (Å²) in [6.07, 6.45) is 12.2. The van der Waals surface area contributed by atoms with E-state index in [-0.39, 0.29) is 21.7 Å². The minimum Gasteiger partial charge on any atom is -0.328 e. The second kappa shape index (κ2) is 10.5. The highest BCUT2D eigenvalue weighted by Crippen LogP contribution is 2.74. The first-order valence-electron chi connectivity index (χ1n) is 20.0. The van der Waals surface area contributed by atoms with Crippen molar-refractivity contribution in [3.05, 3.63) is 171 Å². The van der Waals surface area contributed by atoms with Gasteiger partial charge in [0.25, 0.3) is 0 Å². The molecule has 4 aliphatic carbocycles. The first-order chi connectivity index (χ1) is 25.5. The van der Waals surface area contributed by atoms with Gasteiger partial charge in [-0.25, -0.2) is 0 Å². The van der Waals surface area contributed by atoms with Crippen LogP contribution in [0.1, 0.15) is 107 Å². The van der Waals surface area contributed by atoms with E-state index in [9.17, 15) is 0 Å². The number of benzene rings is 5. The van der Waals surface area contributed by atoms with Gasteiger partial charge in [0.2, 0.25) is 0 Å². The second-order valence-electron chi connectivity index (χ2n) is 18.2. The monoisotopic (exact) mass is 707 g/mol. The van der Waals surface area contributed by atoms with E-state index in [1.807, 2.05) is 11.8 Å². The summed E-state index contributed by atoms with van der Waals surface area (Å²) in [4.78, 5) is 5.65. The average Bonchev–Trinajstić information content (AvgIpc) is 3.55. The molecule has 0 bridgehead atoms. The Balaban J connectivity index is 1.28. The molecule has 0 saturated heterocycles. The summed E-state index contributed by atoms with van der Waals surface area (Å²) in [5.74, 6) is 0.681. The molecule has 4 unspecified atom stereocenters. The third-order valence-electron chi connectivity index (χ3n) is 15.0. The Morgan fingerprint density at radius 3 is 1.96 bits per heavy atom. The van der Waals surface area contributed by atoms with Crippen molar-refractivity contribution in [1.82, 2.24) is 0 Å². The lowest BCUT2D eigenvalue weighted by molar-refractivity contribution is 0.396. The maximum Gasteiger partial charge on any atom is 0.0836 e. The van der Waals surface area contributed by atoms with E-state index < -0.39 is 5.54 Å². The minimum atomic E-state index is -0.423. The minimum absolute atomic E-state index is 0.133. The molecule has 0 N–H and O–H groups in total. The topological polar surface area (TPSA) is 3.24 Å². The lowest BCUT2D eigenvalue weighted by Crippen LogP contribution is -2.61. The third-order valence-corrected chi connectivity index (χ3v) is 16.3. The van der Waals surface area contributed by atoms with Crippen LogP contribution in [0.5, 0.6) is 0 Å². The van der Waals surface area contributed by atoms with Gasteiger partial charge in [0.1, 0.15) is 0 Å². The van der Waals surface area contributed by atoms with Gasteiger partial charge in [0.05, 0.1) is 5.54 Å². The summed E-state index contributed by atoms with van der Waals surface area (Å²) < 4.78 is 0. The molecule has 0 aromatic heterocycles. The van der Waals surface area contributed by atoms with Gasteiger partial charge in [0, 0.05) is 42.8 Å². The van der Waals surface area contributed by atoms with Gasteiger partial charge in [-0.1, -0.05) is 136 Å². The van der Waals surface area contributed by atoms with Crippen LogP contribution in [0.3, 0.4) is 0 Å². The van der Waals surface area contributed by atoms with E-state index >= 15 is 0 Å². The lowest BCUT2D eigenvalue weighted by atomic mass is 9.46. The van der Waals surface area contributed by atoms with Gasteiger partial charge in [-0.15, -0.1) is 0 Å². The average molecular weight is 708 g/mol. The summed E-state index contributed by atoms with van der Waals surface area (Å²) in [7, 11) is 0. The molecule has 6 aliphatic rings. The zero-order valence-corrected chi connectivity index (χ0v) is 32.8. The summed E-state index contributed by atoms with van der Waals surface area (Å²) in [5, 5.41) is 2.61. The van der Waals surface area contributed by atoms with Crippen LogP contribution in [0.4, 0.5) is 11.4 Å². The number of fused-ring (bicyclic) bond motifs is 11. The molecule has 11 rings (SSSR count). The highest BCUT2D eigenvalue weighted by molar-refractivity contribution is 8.03. The third kappa shape index (κ3) is 3.86. The van der Waals surface area contributed by atoms with Crippen LogP contribution >= 0.6 is 11.8 Å². The molecule has 5 aromatic carbocycles. The first-order valence-corrected chi connectivity index (χ1v) is 20.9. The second-order valence-corrected chi connectivity index (χ2v) is 19.2. The Morgan fingerprint density at radius 1 is 0.585 bits per heavy atom. The summed E-state index contributed by atoms with van der Waals surface area (Å²) in [6, 6.07) is 42.6. The van der Waals surface area contributed by atoms with Crippen molar-refractivity contribution in [3.8, 4) is 0 Å². The number of anilines is 2. The molecule has 2 heteroatoms. The van der Waals surface area contributed by atoms with Gasteiger partial charge in [-0.2, -0.15) is 0 Å². The van der Waals surface area contributed by atoms with E-state index in [0.29, 0.717) is 5.92 Å². The van der Waals surface area contributed by atoms with Crippen molar-refractivity contribution in [3.63, 3.8) is 0 Å². The van der Waals surface area contributed by atoms with Gasteiger partial charge in [-0.3, -0.25) is 0 Å². The van der Waals surface area contributed by atoms with Gasteiger partial charge in [-0.05, 0) is 132 Å². The van der Waals surface area contributed by atoms with Crippen LogP contribution in [0.2, 0.25) is 0 Å². The lowest BCUT2D eigenvalue weighted by Gasteiger charge is -2.63. The van der Waals surface area contributed by atoms with E-state index in [1.54, 1.807) is 16.7 Å². The fourth-order valence-electron chi connectivity index (χ4n) is 12.7. The molecule has 0 spiro atoms. The highest BCUT2D eigenvalue weighted by Gasteiger charge is 2.67. The van der Waals surface area contributed by atoms with Crippen LogP contribution in [0, 0.1) is 0 Å². The van der Waals surface area contributed by atoms with Crippen molar-refractivity contribution < 1.29 is 0 Å². The maximum atomic E-state index is 2.76. The number of hydrogen-bond donors (Lipinski definition) is 0. The molecule has 0 radical (unpaired) electrons. The summed E-state index contributed by atoms with van der Waals surface area (Å²) >= 11 is 2.02. The number of hydrogen-bond acceptors (Lipinski definition) is 2. The number of allylic oxidation sites excluding steroid dienone is 4. The molecule has 264 valence electrons. The molecule has 0 amide bonds. The number of nitrogens with zero attached hydrogens (tertiary/aromatic N) is 1. The fourth-order valence-corrected chi connectivity index (χ4v) is 14.1. The Kier molecular flexibility index (Phi) is 6.36. The smallest absolute Gasteiger partial charge is 0.0836 e. The molecule has 53 heavy (non-hydrogen) atoms. The van der Waals surface area contributed by atoms with Gasteiger partial charge >= 0.3 is 0 Å². The molecule has 1 saturated carbocycles.